The lowest BCUT2D eigenvalue weighted by atomic mass is 10.2. The first-order chi connectivity index (χ1) is 15.5. The maximum absolute atomic E-state index is 12.9. The van der Waals surface area contributed by atoms with Gasteiger partial charge in [0, 0.05) is 24.5 Å². The number of ether oxygens (including phenoxy) is 1. The molecule has 1 aliphatic rings. The Balaban J connectivity index is 1.36. The van der Waals surface area contributed by atoms with Gasteiger partial charge in [0.1, 0.15) is 6.04 Å². The van der Waals surface area contributed by atoms with Gasteiger partial charge >= 0.3 is 0 Å². The van der Waals surface area contributed by atoms with E-state index in [1.165, 1.54) is 11.3 Å². The van der Waals surface area contributed by atoms with Crippen molar-refractivity contribution >= 4 is 46.7 Å². The summed E-state index contributed by atoms with van der Waals surface area (Å²) in [6, 6.07) is 10.3. The minimum Gasteiger partial charge on any atom is -0.379 e. The van der Waals surface area contributed by atoms with E-state index >= 15 is 0 Å². The van der Waals surface area contributed by atoms with Crippen molar-refractivity contribution in [3.8, 4) is 10.7 Å². The largest absolute Gasteiger partial charge is 0.379 e. The van der Waals surface area contributed by atoms with Gasteiger partial charge in [-0.05, 0) is 54.9 Å². The van der Waals surface area contributed by atoms with Crippen molar-refractivity contribution < 1.29 is 14.3 Å². The fraction of sp³-hybridized carbons (Fsp3) is 0.333. The van der Waals surface area contributed by atoms with Crippen LogP contribution in [0.1, 0.15) is 13.0 Å². The molecule has 0 radical (unpaired) electrons. The highest BCUT2D eigenvalue weighted by Gasteiger charge is 2.21. The minimum absolute atomic E-state index is 0.0762. The summed E-state index contributed by atoms with van der Waals surface area (Å²) >= 11 is 6.87. The number of anilines is 2. The molecule has 1 aromatic carbocycles. The summed E-state index contributed by atoms with van der Waals surface area (Å²) in [7, 11) is 0. The van der Waals surface area contributed by atoms with E-state index < -0.39 is 6.04 Å². The summed E-state index contributed by atoms with van der Waals surface area (Å²) in [5.74, 6) is 0.336. The van der Waals surface area contributed by atoms with E-state index in [4.69, 9.17) is 17.0 Å². The lowest BCUT2D eigenvalue weighted by Gasteiger charge is -2.25. The fourth-order valence-corrected chi connectivity index (χ4v) is 4.41. The van der Waals surface area contributed by atoms with Crippen LogP contribution >= 0.6 is 23.6 Å². The molecule has 0 bridgehead atoms. The van der Waals surface area contributed by atoms with Gasteiger partial charge < -0.3 is 15.4 Å². The van der Waals surface area contributed by atoms with Crippen LogP contribution in [0.2, 0.25) is 0 Å². The van der Waals surface area contributed by atoms with E-state index in [1.54, 1.807) is 35.8 Å². The summed E-state index contributed by atoms with van der Waals surface area (Å²) in [5, 5.41) is 14.8. The molecule has 0 aliphatic carbocycles. The molecular formula is C21H24N6O3S2. The number of H-pyrrole nitrogens is 1. The molecule has 3 aromatic rings. The number of aromatic amines is 1. The van der Waals surface area contributed by atoms with Crippen molar-refractivity contribution in [1.82, 2.24) is 19.7 Å². The number of carbonyl (C=O) groups is 2. The van der Waals surface area contributed by atoms with E-state index in [0.29, 0.717) is 41.7 Å². The monoisotopic (exact) mass is 472 g/mol. The van der Waals surface area contributed by atoms with Crippen LogP contribution in [0.3, 0.4) is 0 Å². The van der Waals surface area contributed by atoms with Crippen molar-refractivity contribution in [3.63, 3.8) is 0 Å². The second kappa shape index (κ2) is 10.2. The van der Waals surface area contributed by atoms with Crippen molar-refractivity contribution in [1.29, 1.82) is 0 Å². The third-order valence-electron chi connectivity index (χ3n) is 5.12. The van der Waals surface area contributed by atoms with E-state index in [2.05, 4.69) is 25.7 Å². The first-order valence-electron chi connectivity index (χ1n) is 10.2. The molecule has 32 heavy (non-hydrogen) atoms. The molecule has 2 amide bonds. The number of benzene rings is 1. The first-order valence-corrected chi connectivity index (χ1v) is 11.5. The number of nitrogens with zero attached hydrogens (tertiary/aromatic N) is 3. The van der Waals surface area contributed by atoms with E-state index in [-0.39, 0.29) is 11.8 Å². The molecule has 1 saturated heterocycles. The van der Waals surface area contributed by atoms with Gasteiger partial charge in [-0.1, -0.05) is 6.07 Å². The quantitative estimate of drug-likeness (QED) is 0.457. The Hall–Kier alpha value is -2.86. The van der Waals surface area contributed by atoms with Crippen LogP contribution < -0.4 is 10.6 Å². The maximum Gasteiger partial charge on any atom is 0.247 e. The molecule has 3 heterocycles. The molecule has 168 valence electrons. The molecule has 4 rings (SSSR count). The van der Waals surface area contributed by atoms with Crippen molar-refractivity contribution in [2.24, 2.45) is 0 Å². The Labute approximate surface area is 194 Å². The highest BCUT2D eigenvalue weighted by molar-refractivity contribution is 7.71. The predicted molar refractivity (Wildman–Crippen MR) is 126 cm³/mol. The summed E-state index contributed by atoms with van der Waals surface area (Å²) < 4.78 is 7.39. The van der Waals surface area contributed by atoms with Crippen LogP contribution in [0.4, 0.5) is 11.4 Å². The van der Waals surface area contributed by atoms with Gasteiger partial charge in [-0.15, -0.1) is 11.3 Å². The van der Waals surface area contributed by atoms with Gasteiger partial charge in [0.05, 0.1) is 24.6 Å². The molecule has 9 nitrogen and oxygen atoms in total. The SMILES string of the molecule is CC(C(=O)Nc1ccc(NC(=O)CN2CCOCC2)cc1)n1c(-c2cccs2)n[nH]c1=S. The molecule has 11 heteroatoms. The average Bonchev–Trinajstić information content (AvgIpc) is 3.45. The normalized spacial score (nSPS) is 15.3. The van der Waals surface area contributed by atoms with Crippen molar-refractivity contribution in [2.75, 3.05) is 43.5 Å². The highest BCUT2D eigenvalue weighted by Crippen LogP contribution is 2.26. The number of thiophene rings is 1. The molecular weight excluding hydrogens is 448 g/mol. The second-order valence-electron chi connectivity index (χ2n) is 7.38. The summed E-state index contributed by atoms with van der Waals surface area (Å²) in [6.45, 7) is 4.92. The fourth-order valence-electron chi connectivity index (χ4n) is 3.41. The number of amides is 2. The third kappa shape index (κ3) is 5.30. The van der Waals surface area contributed by atoms with Gasteiger partial charge in [-0.3, -0.25) is 24.2 Å². The number of morpholine rings is 1. The number of nitrogens with one attached hydrogen (secondary N) is 3. The number of rotatable bonds is 7. The molecule has 1 unspecified atom stereocenters. The maximum atomic E-state index is 12.9. The zero-order valence-corrected chi connectivity index (χ0v) is 19.2. The molecule has 0 spiro atoms. The van der Waals surface area contributed by atoms with Crippen molar-refractivity contribution in [3.05, 3.63) is 46.5 Å². The average molecular weight is 473 g/mol. The number of aromatic nitrogens is 3. The van der Waals surface area contributed by atoms with Gasteiger partial charge in [0.15, 0.2) is 10.6 Å². The Kier molecular flexibility index (Phi) is 7.10. The van der Waals surface area contributed by atoms with Crippen LogP contribution in [0.15, 0.2) is 41.8 Å². The number of hydrogen-bond acceptors (Lipinski definition) is 7. The Morgan fingerprint density at radius 2 is 1.88 bits per heavy atom. The Morgan fingerprint density at radius 1 is 1.19 bits per heavy atom. The lowest BCUT2D eigenvalue weighted by Crippen LogP contribution is -2.41. The molecule has 2 aromatic heterocycles. The topological polar surface area (TPSA) is 104 Å². The molecule has 1 atom stereocenters. The summed E-state index contributed by atoms with van der Waals surface area (Å²) in [6.07, 6.45) is 0. The van der Waals surface area contributed by atoms with Gasteiger partial charge in [-0.2, -0.15) is 5.10 Å². The standard InChI is InChI=1S/C21H24N6O3S2/c1-14(27-19(24-25-21(27)31)17-3-2-12-32-17)20(29)23-16-6-4-15(5-7-16)22-18(28)13-26-8-10-30-11-9-26/h2-7,12,14H,8-11,13H2,1H3,(H,22,28)(H,23,29)(H,25,31). The summed E-state index contributed by atoms with van der Waals surface area (Å²) in [5.41, 5.74) is 1.30. The predicted octanol–water partition coefficient (Wildman–Crippen LogP) is 3.14. The number of hydrogen-bond donors (Lipinski definition) is 3. The van der Waals surface area contributed by atoms with Gasteiger partial charge in [0.25, 0.3) is 0 Å². The lowest BCUT2D eigenvalue weighted by molar-refractivity contribution is -0.119. The van der Waals surface area contributed by atoms with Crippen LogP contribution in [0, 0.1) is 4.77 Å². The Morgan fingerprint density at radius 3 is 2.53 bits per heavy atom. The van der Waals surface area contributed by atoms with E-state index in [1.807, 2.05) is 17.5 Å². The van der Waals surface area contributed by atoms with Crippen LogP contribution in [-0.4, -0.2) is 64.3 Å². The second-order valence-corrected chi connectivity index (χ2v) is 8.71. The molecule has 1 aliphatic heterocycles. The smallest absolute Gasteiger partial charge is 0.247 e. The zero-order chi connectivity index (χ0) is 22.5. The zero-order valence-electron chi connectivity index (χ0n) is 17.5. The van der Waals surface area contributed by atoms with Gasteiger partial charge in [-0.25, -0.2) is 0 Å². The van der Waals surface area contributed by atoms with Gasteiger partial charge in [0.2, 0.25) is 11.8 Å². The molecule has 1 fully saturated rings. The first kappa shape index (κ1) is 22.3. The number of carbonyl (C=O) groups excluding carboxylic acids is 2. The van der Waals surface area contributed by atoms with Crippen LogP contribution in [0.5, 0.6) is 0 Å². The van der Waals surface area contributed by atoms with Crippen LogP contribution in [0.25, 0.3) is 10.7 Å². The third-order valence-corrected chi connectivity index (χ3v) is 6.27. The Bertz CT molecular complexity index is 1120. The molecule has 0 saturated carbocycles. The minimum atomic E-state index is -0.564. The molecule has 3 N–H and O–H groups in total. The summed E-state index contributed by atoms with van der Waals surface area (Å²) in [4.78, 5) is 28.1. The highest BCUT2D eigenvalue weighted by atomic mass is 32.1. The van der Waals surface area contributed by atoms with Crippen LogP contribution in [-0.2, 0) is 14.3 Å². The van der Waals surface area contributed by atoms with Crippen molar-refractivity contribution in [2.45, 2.75) is 13.0 Å². The van der Waals surface area contributed by atoms with E-state index in [9.17, 15) is 9.59 Å². The van der Waals surface area contributed by atoms with E-state index in [0.717, 1.165) is 18.0 Å².